The number of aromatic nitrogens is 3. The molecule has 0 radical (unpaired) electrons. The molecule has 0 spiro atoms. The lowest BCUT2D eigenvalue weighted by molar-refractivity contribution is -0.427. The smallest absolute Gasteiger partial charge is 0.168 e. The Morgan fingerprint density at radius 3 is 2.23 bits per heavy atom. The van der Waals surface area contributed by atoms with Crippen LogP contribution in [0.15, 0.2) is 0 Å². The van der Waals surface area contributed by atoms with Crippen molar-refractivity contribution in [2.45, 2.75) is 27.7 Å². The molecule has 1 heterocycles. The monoisotopic (exact) mass is 176 g/mol. The topological polar surface area (TPSA) is 42.8 Å². The van der Waals surface area contributed by atoms with Crippen LogP contribution in [0.4, 0.5) is 0 Å². The van der Waals surface area contributed by atoms with E-state index in [9.17, 15) is 0 Å². The van der Waals surface area contributed by atoms with Crippen molar-refractivity contribution in [2.75, 3.05) is 0 Å². The molecule has 13 heavy (non-hydrogen) atoms. The molecule has 3 nitrogen and oxygen atoms in total. The van der Waals surface area contributed by atoms with Crippen LogP contribution in [-0.4, -0.2) is 10.3 Å². The quantitative estimate of drug-likeness (QED) is 0.651. The minimum atomic E-state index is 1.06. The average Bonchev–Trinajstić information content (AvgIpc) is 2.59. The Labute approximate surface area is 77.2 Å². The van der Waals surface area contributed by atoms with E-state index in [-0.39, 0.29) is 0 Å². The van der Waals surface area contributed by atoms with Gasteiger partial charge in [-0.3, -0.25) is 0 Å². The number of nitrogens with zero attached hydrogens (tertiary/aromatic N) is 1. The lowest BCUT2D eigenvalue weighted by atomic mass is 9.98. The minimum absolute atomic E-state index is 1.06. The normalized spacial score (nSPS) is 11.1. The van der Waals surface area contributed by atoms with Gasteiger partial charge in [0, 0.05) is 16.2 Å². The molecular formula is C10H14N3+. The molecule has 0 aliphatic carbocycles. The van der Waals surface area contributed by atoms with Gasteiger partial charge in [-0.25, -0.2) is 0 Å². The summed E-state index contributed by atoms with van der Waals surface area (Å²) in [5.74, 6) is 0. The number of hydrogen-bond acceptors (Lipinski definition) is 1. The number of nitrogens with one attached hydrogen (secondary N) is 2. The molecule has 0 fully saturated rings. The maximum absolute atomic E-state index is 4.20. The molecule has 2 aromatic rings. The Bertz CT molecular complexity index is 426. The minimum Gasteiger partial charge on any atom is -0.168 e. The van der Waals surface area contributed by atoms with Crippen LogP contribution in [0.2, 0.25) is 0 Å². The Hall–Kier alpha value is -1.38. The molecule has 2 rings (SSSR count). The summed E-state index contributed by atoms with van der Waals surface area (Å²) in [5, 5.41) is 10.1. The number of hydrogen-bond donors (Lipinski definition) is 1. The second-order valence-corrected chi connectivity index (χ2v) is 3.57. The van der Waals surface area contributed by atoms with Crippen molar-refractivity contribution in [2.24, 2.45) is 0 Å². The second-order valence-electron chi connectivity index (χ2n) is 3.57. The zero-order chi connectivity index (χ0) is 9.59. The predicted octanol–water partition coefficient (Wildman–Crippen LogP) is 1.61. The average molecular weight is 176 g/mol. The molecule has 1 aromatic heterocycles. The number of rotatable bonds is 0. The summed E-state index contributed by atoms with van der Waals surface area (Å²) in [6.45, 7) is 8.53. The van der Waals surface area contributed by atoms with E-state index in [4.69, 9.17) is 0 Å². The Balaban J connectivity index is 3.02. The molecular weight excluding hydrogens is 162 g/mol. The summed E-state index contributed by atoms with van der Waals surface area (Å²) in [6, 6.07) is 0. The van der Waals surface area contributed by atoms with Crippen LogP contribution < -0.4 is 5.10 Å². The van der Waals surface area contributed by atoms with E-state index in [2.05, 4.69) is 43.1 Å². The summed E-state index contributed by atoms with van der Waals surface area (Å²) in [4.78, 5) is 0. The molecule has 0 unspecified atom stereocenters. The van der Waals surface area contributed by atoms with Gasteiger partial charge in [0.25, 0.3) is 5.52 Å². The first-order chi connectivity index (χ1) is 6.13. The van der Waals surface area contributed by atoms with Crippen molar-refractivity contribution in [3.05, 3.63) is 22.3 Å². The number of benzene rings is 1. The zero-order valence-electron chi connectivity index (χ0n) is 8.45. The standard InChI is InChI=1S/C10H13N3/c1-5-6(2)8(4)10-9(7(5)3)11-13-12-10/h1-4H3,(H,11,12,13)/p+1. The van der Waals surface area contributed by atoms with Crippen molar-refractivity contribution in [1.29, 1.82) is 0 Å². The van der Waals surface area contributed by atoms with Crippen LogP contribution in [0.1, 0.15) is 22.3 Å². The molecule has 1 aromatic carbocycles. The van der Waals surface area contributed by atoms with Crippen LogP contribution in [0.3, 0.4) is 0 Å². The summed E-state index contributed by atoms with van der Waals surface area (Å²) in [5.41, 5.74) is 7.41. The van der Waals surface area contributed by atoms with E-state index in [1.54, 1.807) is 0 Å². The number of fused-ring (bicyclic) bond motifs is 1. The van der Waals surface area contributed by atoms with Crippen molar-refractivity contribution in [3.8, 4) is 0 Å². The van der Waals surface area contributed by atoms with E-state index in [0.29, 0.717) is 0 Å². The van der Waals surface area contributed by atoms with Gasteiger partial charge >= 0.3 is 0 Å². The van der Waals surface area contributed by atoms with E-state index in [1.807, 2.05) is 0 Å². The molecule has 0 aliphatic heterocycles. The Kier molecular flexibility index (Phi) is 1.62. The third-order valence-corrected chi connectivity index (χ3v) is 3.00. The van der Waals surface area contributed by atoms with Gasteiger partial charge in [-0.05, 0) is 38.8 Å². The van der Waals surface area contributed by atoms with E-state index < -0.39 is 0 Å². The van der Waals surface area contributed by atoms with Gasteiger partial charge in [0.1, 0.15) is 0 Å². The lowest BCUT2D eigenvalue weighted by Gasteiger charge is -2.05. The highest BCUT2D eigenvalue weighted by Crippen LogP contribution is 2.23. The van der Waals surface area contributed by atoms with Crippen LogP contribution in [0.25, 0.3) is 11.0 Å². The molecule has 68 valence electrons. The molecule has 0 aliphatic rings. The summed E-state index contributed by atoms with van der Waals surface area (Å²) >= 11 is 0. The van der Waals surface area contributed by atoms with E-state index in [1.165, 1.54) is 22.3 Å². The van der Waals surface area contributed by atoms with Crippen molar-refractivity contribution >= 4 is 11.0 Å². The molecule has 0 amide bonds. The first-order valence-electron chi connectivity index (χ1n) is 4.45. The third kappa shape index (κ3) is 0.963. The van der Waals surface area contributed by atoms with Gasteiger partial charge in [-0.2, -0.15) is 5.10 Å². The highest BCUT2D eigenvalue weighted by molar-refractivity contribution is 5.80. The fourth-order valence-corrected chi connectivity index (χ4v) is 1.73. The largest absolute Gasteiger partial charge is 0.252 e. The Morgan fingerprint density at radius 2 is 1.54 bits per heavy atom. The van der Waals surface area contributed by atoms with Gasteiger partial charge in [0.2, 0.25) is 5.52 Å². The lowest BCUT2D eigenvalue weighted by Crippen LogP contribution is -2.04. The maximum Gasteiger partial charge on any atom is 0.252 e. The van der Waals surface area contributed by atoms with Crippen molar-refractivity contribution in [1.82, 2.24) is 10.3 Å². The molecule has 2 N–H and O–H groups in total. The van der Waals surface area contributed by atoms with Gasteiger partial charge in [0.05, 0.1) is 0 Å². The fraction of sp³-hybridized carbons (Fsp3) is 0.400. The van der Waals surface area contributed by atoms with Crippen molar-refractivity contribution < 1.29 is 5.10 Å². The third-order valence-electron chi connectivity index (χ3n) is 3.00. The van der Waals surface area contributed by atoms with Gasteiger partial charge in [-0.1, -0.05) is 5.21 Å². The van der Waals surface area contributed by atoms with Crippen molar-refractivity contribution in [3.63, 3.8) is 0 Å². The highest BCUT2D eigenvalue weighted by atomic mass is 15.3. The summed E-state index contributed by atoms with van der Waals surface area (Å²) < 4.78 is 0. The number of aromatic amines is 2. The maximum atomic E-state index is 4.20. The highest BCUT2D eigenvalue weighted by Gasteiger charge is 2.16. The van der Waals surface area contributed by atoms with Gasteiger partial charge in [-0.15, -0.1) is 0 Å². The molecule has 0 bridgehead atoms. The van der Waals surface area contributed by atoms with Crippen LogP contribution >= 0.6 is 0 Å². The van der Waals surface area contributed by atoms with Crippen LogP contribution in [0, 0.1) is 27.7 Å². The fourth-order valence-electron chi connectivity index (χ4n) is 1.73. The Morgan fingerprint density at radius 1 is 0.923 bits per heavy atom. The molecule has 0 atom stereocenters. The zero-order valence-corrected chi connectivity index (χ0v) is 8.45. The predicted molar refractivity (Wildman–Crippen MR) is 51.6 cm³/mol. The van der Waals surface area contributed by atoms with Crippen LogP contribution in [0.5, 0.6) is 0 Å². The first-order valence-corrected chi connectivity index (χ1v) is 4.45. The second kappa shape index (κ2) is 2.55. The first kappa shape index (κ1) is 8.23. The number of aryl methyl sites for hydroxylation is 2. The molecule has 0 saturated carbocycles. The van der Waals surface area contributed by atoms with Gasteiger partial charge < -0.3 is 0 Å². The summed E-state index contributed by atoms with van der Waals surface area (Å²) in [6.07, 6.45) is 0. The van der Waals surface area contributed by atoms with E-state index in [0.717, 1.165) is 11.0 Å². The van der Waals surface area contributed by atoms with E-state index >= 15 is 0 Å². The van der Waals surface area contributed by atoms with Gasteiger partial charge in [0.15, 0.2) is 0 Å². The molecule has 3 heteroatoms. The number of H-pyrrole nitrogens is 2. The molecule has 0 saturated heterocycles. The SMILES string of the molecule is Cc1c(C)c(C)c2[nH+][nH]nc2c1C. The van der Waals surface area contributed by atoms with Crippen LogP contribution in [-0.2, 0) is 0 Å². The summed E-state index contributed by atoms with van der Waals surface area (Å²) in [7, 11) is 0.